The fourth-order valence-corrected chi connectivity index (χ4v) is 3.04. The van der Waals surface area contributed by atoms with E-state index in [1.165, 1.54) is 0 Å². The van der Waals surface area contributed by atoms with Crippen LogP contribution in [0.5, 0.6) is 5.75 Å². The van der Waals surface area contributed by atoms with Crippen LogP contribution in [0.2, 0.25) is 5.02 Å². The molecule has 0 saturated heterocycles. The van der Waals surface area contributed by atoms with Crippen LogP contribution in [-0.2, 0) is 10.3 Å². The first-order valence-electron chi connectivity index (χ1n) is 6.06. The molecule has 2 rings (SSSR count). The van der Waals surface area contributed by atoms with Crippen LogP contribution in [0.3, 0.4) is 0 Å². The topological polar surface area (TPSA) is 38.7 Å². The zero-order chi connectivity index (χ0) is 13.2. The number of ether oxygens (including phenoxy) is 1. The highest BCUT2D eigenvalue weighted by atomic mass is 35.5. The Balaban J connectivity index is 2.55. The van der Waals surface area contributed by atoms with Crippen LogP contribution in [0.1, 0.15) is 36.8 Å². The van der Waals surface area contributed by atoms with E-state index in [9.17, 15) is 4.79 Å². The minimum Gasteiger partial charge on any atom is -0.495 e. The zero-order valence-corrected chi connectivity index (χ0v) is 11.4. The number of isocyanates is 1. The lowest BCUT2D eigenvalue weighted by Crippen LogP contribution is -2.20. The van der Waals surface area contributed by atoms with Crippen molar-refractivity contribution in [1.29, 1.82) is 0 Å². The molecule has 0 radical (unpaired) electrons. The van der Waals surface area contributed by atoms with E-state index in [-0.39, 0.29) is 0 Å². The third-order valence-corrected chi connectivity index (χ3v) is 3.99. The quantitative estimate of drug-likeness (QED) is 0.616. The highest BCUT2D eigenvalue weighted by molar-refractivity contribution is 6.32. The van der Waals surface area contributed by atoms with Crippen LogP contribution < -0.4 is 4.74 Å². The van der Waals surface area contributed by atoms with Crippen molar-refractivity contribution in [2.24, 2.45) is 4.99 Å². The van der Waals surface area contributed by atoms with Crippen LogP contribution in [0, 0.1) is 6.92 Å². The number of benzene rings is 1. The van der Waals surface area contributed by atoms with Crippen molar-refractivity contribution in [3.63, 3.8) is 0 Å². The van der Waals surface area contributed by atoms with Gasteiger partial charge in [-0.1, -0.05) is 24.4 Å². The average Bonchev–Trinajstić information content (AvgIpc) is 2.81. The summed E-state index contributed by atoms with van der Waals surface area (Å²) >= 11 is 6.18. The van der Waals surface area contributed by atoms with Gasteiger partial charge in [-0.15, -0.1) is 0 Å². The van der Waals surface area contributed by atoms with Crippen molar-refractivity contribution in [2.45, 2.75) is 38.1 Å². The maximum Gasteiger partial charge on any atom is 0.235 e. The van der Waals surface area contributed by atoms with Crippen molar-refractivity contribution in [3.8, 4) is 5.75 Å². The van der Waals surface area contributed by atoms with E-state index in [0.29, 0.717) is 10.8 Å². The Morgan fingerprint density at radius 3 is 2.61 bits per heavy atom. The van der Waals surface area contributed by atoms with Gasteiger partial charge in [0.2, 0.25) is 6.08 Å². The summed E-state index contributed by atoms with van der Waals surface area (Å²) in [5.41, 5.74) is 1.65. The summed E-state index contributed by atoms with van der Waals surface area (Å²) in [7, 11) is 1.59. The van der Waals surface area contributed by atoms with Crippen LogP contribution in [0.15, 0.2) is 17.1 Å². The Morgan fingerprint density at radius 1 is 1.39 bits per heavy atom. The highest BCUT2D eigenvalue weighted by Gasteiger charge is 2.37. The summed E-state index contributed by atoms with van der Waals surface area (Å²) in [5.74, 6) is 0.654. The molecule has 0 N–H and O–H groups in total. The first-order chi connectivity index (χ1) is 8.63. The van der Waals surface area contributed by atoms with Crippen LogP contribution >= 0.6 is 11.6 Å². The molecule has 0 heterocycles. The molecular weight excluding hydrogens is 250 g/mol. The number of rotatable bonds is 3. The van der Waals surface area contributed by atoms with Crippen molar-refractivity contribution < 1.29 is 9.53 Å². The highest BCUT2D eigenvalue weighted by Crippen LogP contribution is 2.45. The molecule has 0 unspecified atom stereocenters. The molecule has 1 fully saturated rings. The van der Waals surface area contributed by atoms with E-state index in [4.69, 9.17) is 16.3 Å². The average molecular weight is 266 g/mol. The molecule has 1 aliphatic carbocycles. The van der Waals surface area contributed by atoms with Gasteiger partial charge >= 0.3 is 0 Å². The van der Waals surface area contributed by atoms with Gasteiger partial charge in [0.15, 0.2) is 0 Å². The lowest BCUT2D eigenvalue weighted by molar-refractivity contribution is 0.412. The minimum absolute atomic E-state index is 0.429. The molecular formula is C14H16ClNO2. The molecule has 3 nitrogen and oxygen atoms in total. The summed E-state index contributed by atoms with van der Waals surface area (Å²) in [6, 6.07) is 3.78. The number of hydrogen-bond acceptors (Lipinski definition) is 3. The fraction of sp³-hybridized carbons (Fsp3) is 0.500. The van der Waals surface area contributed by atoms with Crippen molar-refractivity contribution in [3.05, 3.63) is 28.3 Å². The molecule has 96 valence electrons. The lowest BCUT2D eigenvalue weighted by Gasteiger charge is -2.25. The van der Waals surface area contributed by atoms with Crippen LogP contribution in [0.25, 0.3) is 0 Å². The second-order valence-corrected chi connectivity index (χ2v) is 5.15. The third-order valence-electron chi connectivity index (χ3n) is 3.69. The van der Waals surface area contributed by atoms with Crippen molar-refractivity contribution in [1.82, 2.24) is 0 Å². The van der Waals surface area contributed by atoms with E-state index in [0.717, 1.165) is 36.8 Å². The van der Waals surface area contributed by atoms with E-state index in [2.05, 4.69) is 4.99 Å². The number of hydrogen-bond donors (Lipinski definition) is 0. The number of halogens is 1. The monoisotopic (exact) mass is 265 g/mol. The van der Waals surface area contributed by atoms with E-state index in [1.54, 1.807) is 13.2 Å². The Hall–Kier alpha value is -1.31. The van der Waals surface area contributed by atoms with Crippen LogP contribution in [-0.4, -0.2) is 13.2 Å². The molecule has 0 spiro atoms. The van der Waals surface area contributed by atoms with Gasteiger partial charge in [0.1, 0.15) is 5.75 Å². The lowest BCUT2D eigenvalue weighted by atomic mass is 9.86. The van der Waals surface area contributed by atoms with Gasteiger partial charge in [0.25, 0.3) is 0 Å². The molecule has 1 saturated carbocycles. The smallest absolute Gasteiger partial charge is 0.235 e. The molecule has 4 heteroatoms. The van der Waals surface area contributed by atoms with Gasteiger partial charge < -0.3 is 4.74 Å². The van der Waals surface area contributed by atoms with Crippen molar-refractivity contribution in [2.75, 3.05) is 7.11 Å². The standard InChI is InChI=1S/C14H16ClNO2/c1-10-7-13(18-2)12(15)8-11(10)14(16-9-17)5-3-4-6-14/h7-8H,3-6H2,1-2H3. The Bertz CT molecular complexity index is 501. The van der Waals surface area contributed by atoms with Gasteiger partial charge in [-0.25, -0.2) is 4.79 Å². The first kappa shape index (κ1) is 13.1. The van der Waals surface area contributed by atoms with E-state index in [1.807, 2.05) is 19.1 Å². The molecule has 0 amide bonds. The normalized spacial score (nSPS) is 17.3. The summed E-state index contributed by atoms with van der Waals surface area (Å²) in [6.07, 6.45) is 5.64. The molecule has 1 aromatic rings. The van der Waals surface area contributed by atoms with Crippen LogP contribution in [0.4, 0.5) is 0 Å². The maximum absolute atomic E-state index is 10.7. The molecule has 1 aliphatic rings. The predicted octanol–water partition coefficient (Wildman–Crippen LogP) is 3.76. The number of aliphatic imine (C=N–C) groups is 1. The Labute approximate surface area is 112 Å². The van der Waals surface area contributed by atoms with Gasteiger partial charge in [-0.2, -0.15) is 4.99 Å². The second kappa shape index (κ2) is 5.13. The first-order valence-corrected chi connectivity index (χ1v) is 6.44. The van der Waals surface area contributed by atoms with Crippen molar-refractivity contribution >= 4 is 17.7 Å². The fourth-order valence-electron chi connectivity index (χ4n) is 2.80. The Kier molecular flexibility index (Phi) is 3.74. The summed E-state index contributed by atoms with van der Waals surface area (Å²) in [4.78, 5) is 14.8. The van der Waals surface area contributed by atoms with E-state index >= 15 is 0 Å². The van der Waals surface area contributed by atoms with Gasteiger partial charge in [0, 0.05) is 0 Å². The molecule has 0 atom stereocenters. The zero-order valence-electron chi connectivity index (χ0n) is 10.6. The third kappa shape index (κ3) is 2.16. The molecule has 0 bridgehead atoms. The Morgan fingerprint density at radius 2 is 2.06 bits per heavy atom. The van der Waals surface area contributed by atoms with E-state index < -0.39 is 5.54 Å². The summed E-state index contributed by atoms with van der Waals surface area (Å²) in [5, 5.41) is 0.561. The molecule has 18 heavy (non-hydrogen) atoms. The van der Waals surface area contributed by atoms with Gasteiger partial charge in [-0.3, -0.25) is 0 Å². The molecule has 0 aliphatic heterocycles. The minimum atomic E-state index is -0.429. The SMILES string of the molecule is COc1cc(C)c(C2(N=C=O)CCCC2)cc1Cl. The van der Waals surface area contributed by atoms with Gasteiger partial charge in [-0.05, 0) is 43.0 Å². The summed E-state index contributed by atoms with van der Waals surface area (Å²) < 4.78 is 5.20. The number of nitrogens with zero attached hydrogens (tertiary/aromatic N) is 1. The maximum atomic E-state index is 10.7. The number of aryl methyl sites for hydroxylation is 1. The second-order valence-electron chi connectivity index (χ2n) is 4.74. The molecule has 1 aromatic carbocycles. The predicted molar refractivity (Wildman–Crippen MR) is 71.0 cm³/mol. The largest absolute Gasteiger partial charge is 0.495 e. The van der Waals surface area contributed by atoms with Gasteiger partial charge in [0.05, 0.1) is 17.7 Å². The number of methoxy groups -OCH3 is 1. The number of carbonyl (C=O) groups excluding carboxylic acids is 1. The molecule has 0 aromatic heterocycles. The summed E-state index contributed by atoms with van der Waals surface area (Å²) in [6.45, 7) is 1.99.